The zero-order chi connectivity index (χ0) is 30.7. The summed E-state index contributed by atoms with van der Waals surface area (Å²) in [6, 6.07) is 23.9. The molecule has 1 spiro atoms. The standard InChI is InChI=1S/C37H31NO6/c1-21-14-15-22-16-17-30-37(35(40)25-12-8-9-13-26(25)36(37)41)31(24-19-28(42-2)34(44-4)29(20-24)43-3)32(38(30)27(22)18-21)33(39)23-10-6-5-7-11-23/h5-20,30-32H,1-4H3/t30-,31-,32-/m1/s1. The Kier molecular flexibility index (Phi) is 6.43. The molecular weight excluding hydrogens is 554 g/mol. The van der Waals surface area contributed by atoms with E-state index < -0.39 is 23.4 Å². The highest BCUT2D eigenvalue weighted by Crippen LogP contribution is 2.62. The summed E-state index contributed by atoms with van der Waals surface area (Å²) in [6.07, 6.45) is 3.88. The topological polar surface area (TPSA) is 82.1 Å². The van der Waals surface area contributed by atoms with Crippen molar-refractivity contribution in [2.45, 2.75) is 24.9 Å². The van der Waals surface area contributed by atoms with Crippen LogP contribution in [0.5, 0.6) is 17.2 Å². The Balaban J connectivity index is 1.59. The summed E-state index contributed by atoms with van der Waals surface area (Å²) < 4.78 is 17.1. The number of methoxy groups -OCH3 is 3. The SMILES string of the molecule is COc1cc([C@@H]2[C@H](C(=O)c3ccccc3)N3c4cc(C)ccc4C=C[C@@H]3C23C(=O)c2ccccc2C3=O)cc(OC)c1OC. The van der Waals surface area contributed by atoms with Gasteiger partial charge in [0.15, 0.2) is 28.8 Å². The van der Waals surface area contributed by atoms with Crippen molar-refractivity contribution in [3.63, 3.8) is 0 Å². The smallest absolute Gasteiger partial charge is 0.203 e. The van der Waals surface area contributed by atoms with Crippen molar-refractivity contribution in [2.75, 3.05) is 26.2 Å². The highest BCUT2D eigenvalue weighted by Gasteiger charge is 2.71. The van der Waals surface area contributed by atoms with Crippen molar-refractivity contribution in [3.05, 3.63) is 124 Å². The molecule has 3 atom stereocenters. The predicted octanol–water partition coefficient (Wildman–Crippen LogP) is 6.34. The van der Waals surface area contributed by atoms with E-state index in [0.29, 0.717) is 39.5 Å². The number of aryl methyl sites for hydroxylation is 1. The molecule has 0 N–H and O–H groups in total. The number of benzene rings is 4. The fourth-order valence-corrected chi connectivity index (χ4v) is 7.50. The number of ether oxygens (including phenoxy) is 3. The van der Waals surface area contributed by atoms with E-state index in [1.165, 1.54) is 21.3 Å². The largest absolute Gasteiger partial charge is 0.493 e. The lowest BCUT2D eigenvalue weighted by atomic mass is 9.64. The van der Waals surface area contributed by atoms with E-state index in [1.54, 1.807) is 48.5 Å². The quantitative estimate of drug-likeness (QED) is 0.193. The lowest BCUT2D eigenvalue weighted by molar-refractivity contribution is 0.0665. The van der Waals surface area contributed by atoms with Crippen molar-refractivity contribution >= 4 is 29.1 Å². The van der Waals surface area contributed by atoms with Gasteiger partial charge in [0, 0.05) is 28.3 Å². The molecule has 7 nitrogen and oxygen atoms in total. The third-order valence-corrected chi connectivity index (χ3v) is 9.34. The number of ketones is 3. The summed E-state index contributed by atoms with van der Waals surface area (Å²) in [5.41, 5.74) is 2.87. The van der Waals surface area contributed by atoms with Gasteiger partial charge in [-0.3, -0.25) is 14.4 Å². The summed E-state index contributed by atoms with van der Waals surface area (Å²) >= 11 is 0. The van der Waals surface area contributed by atoms with E-state index in [9.17, 15) is 14.4 Å². The highest BCUT2D eigenvalue weighted by molar-refractivity contribution is 6.32. The number of rotatable bonds is 6. The van der Waals surface area contributed by atoms with Crippen LogP contribution in [0, 0.1) is 12.3 Å². The second-order valence-electron chi connectivity index (χ2n) is 11.5. The van der Waals surface area contributed by atoms with Gasteiger partial charge in [0.05, 0.1) is 27.4 Å². The molecule has 4 aromatic rings. The average Bonchev–Trinajstić information content (AvgIpc) is 3.50. The van der Waals surface area contributed by atoms with Gasteiger partial charge in [-0.2, -0.15) is 0 Å². The Bertz CT molecular complexity index is 1820. The number of carbonyl (C=O) groups excluding carboxylic acids is 3. The Labute approximate surface area is 255 Å². The van der Waals surface area contributed by atoms with E-state index in [1.807, 2.05) is 60.4 Å². The minimum atomic E-state index is -1.64. The average molecular weight is 586 g/mol. The second kappa shape index (κ2) is 10.2. The van der Waals surface area contributed by atoms with E-state index >= 15 is 0 Å². The van der Waals surface area contributed by atoms with Gasteiger partial charge >= 0.3 is 0 Å². The van der Waals surface area contributed by atoms with Crippen molar-refractivity contribution in [1.29, 1.82) is 0 Å². The summed E-state index contributed by atoms with van der Waals surface area (Å²) in [6.45, 7) is 1.99. The Morgan fingerprint density at radius 1 is 0.773 bits per heavy atom. The number of hydrogen-bond acceptors (Lipinski definition) is 7. The molecule has 0 radical (unpaired) electrons. The molecule has 0 amide bonds. The number of nitrogens with zero attached hydrogens (tertiary/aromatic N) is 1. The molecule has 0 saturated carbocycles. The Morgan fingerprint density at radius 2 is 1.39 bits per heavy atom. The van der Waals surface area contributed by atoms with Crippen LogP contribution in [0.15, 0.2) is 91.0 Å². The van der Waals surface area contributed by atoms with Crippen LogP contribution in [-0.2, 0) is 0 Å². The van der Waals surface area contributed by atoms with Crippen LogP contribution in [0.3, 0.4) is 0 Å². The lowest BCUT2D eigenvalue weighted by Crippen LogP contribution is -2.48. The molecule has 0 bridgehead atoms. The van der Waals surface area contributed by atoms with Crippen LogP contribution in [-0.4, -0.2) is 50.8 Å². The van der Waals surface area contributed by atoms with Gasteiger partial charge in [-0.15, -0.1) is 0 Å². The Hall–Kier alpha value is -5.17. The van der Waals surface area contributed by atoms with Gasteiger partial charge in [-0.05, 0) is 41.8 Å². The van der Waals surface area contributed by atoms with Gasteiger partial charge in [0.25, 0.3) is 0 Å². The predicted molar refractivity (Wildman–Crippen MR) is 167 cm³/mol. The Morgan fingerprint density at radius 3 is 1.98 bits per heavy atom. The number of Topliss-reactive ketones (excluding diaryl/α,β-unsaturated/α-hetero) is 3. The summed E-state index contributed by atoms with van der Waals surface area (Å²) in [5, 5.41) is 0. The van der Waals surface area contributed by atoms with Gasteiger partial charge in [0.2, 0.25) is 5.75 Å². The van der Waals surface area contributed by atoms with Crippen molar-refractivity contribution in [1.82, 2.24) is 0 Å². The molecular formula is C37H31NO6. The van der Waals surface area contributed by atoms with Gasteiger partial charge < -0.3 is 19.1 Å². The molecule has 3 aliphatic rings. The normalized spacial score (nSPS) is 20.7. The summed E-state index contributed by atoms with van der Waals surface area (Å²) in [7, 11) is 4.56. The minimum Gasteiger partial charge on any atom is -0.493 e. The molecule has 1 fully saturated rings. The zero-order valence-electron chi connectivity index (χ0n) is 24.9. The maximum absolute atomic E-state index is 14.9. The number of hydrogen-bond donors (Lipinski definition) is 0. The maximum Gasteiger partial charge on any atom is 0.203 e. The van der Waals surface area contributed by atoms with Crippen LogP contribution < -0.4 is 19.1 Å². The summed E-state index contributed by atoms with van der Waals surface area (Å²) in [4.78, 5) is 46.7. The van der Waals surface area contributed by atoms with Crippen LogP contribution in [0.25, 0.3) is 6.08 Å². The van der Waals surface area contributed by atoms with Crippen molar-refractivity contribution in [2.24, 2.45) is 5.41 Å². The second-order valence-corrected chi connectivity index (χ2v) is 11.5. The maximum atomic E-state index is 14.9. The third-order valence-electron chi connectivity index (χ3n) is 9.34. The van der Waals surface area contributed by atoms with Crippen molar-refractivity contribution < 1.29 is 28.6 Å². The summed E-state index contributed by atoms with van der Waals surface area (Å²) in [5.74, 6) is -0.567. The minimum absolute atomic E-state index is 0.189. The van der Waals surface area contributed by atoms with E-state index in [0.717, 1.165) is 16.8 Å². The van der Waals surface area contributed by atoms with Crippen LogP contribution >= 0.6 is 0 Å². The van der Waals surface area contributed by atoms with Crippen LogP contribution in [0.2, 0.25) is 0 Å². The number of fused-ring (bicyclic) bond motifs is 5. The first-order chi connectivity index (χ1) is 21.4. The van der Waals surface area contributed by atoms with Gasteiger partial charge in [0.1, 0.15) is 11.5 Å². The molecule has 0 unspecified atom stereocenters. The molecule has 4 aromatic carbocycles. The zero-order valence-corrected chi connectivity index (χ0v) is 24.9. The first kappa shape index (κ1) is 27.7. The van der Waals surface area contributed by atoms with Crippen LogP contribution in [0.1, 0.15) is 53.7 Å². The molecule has 2 aliphatic heterocycles. The first-order valence-corrected chi connectivity index (χ1v) is 14.5. The monoisotopic (exact) mass is 585 g/mol. The van der Waals surface area contributed by atoms with Crippen molar-refractivity contribution in [3.8, 4) is 17.2 Å². The fraction of sp³-hybridized carbons (Fsp3) is 0.216. The molecule has 44 heavy (non-hydrogen) atoms. The molecule has 1 aliphatic carbocycles. The molecule has 2 heterocycles. The van der Waals surface area contributed by atoms with Gasteiger partial charge in [-0.1, -0.05) is 78.9 Å². The number of carbonyl (C=O) groups is 3. The van der Waals surface area contributed by atoms with E-state index in [2.05, 4.69) is 0 Å². The highest BCUT2D eigenvalue weighted by atomic mass is 16.5. The lowest BCUT2D eigenvalue weighted by Gasteiger charge is -2.37. The molecule has 220 valence electrons. The fourth-order valence-electron chi connectivity index (χ4n) is 7.50. The third kappa shape index (κ3) is 3.65. The van der Waals surface area contributed by atoms with E-state index in [4.69, 9.17) is 14.2 Å². The molecule has 1 saturated heterocycles. The number of anilines is 1. The van der Waals surface area contributed by atoms with Gasteiger partial charge in [-0.25, -0.2) is 0 Å². The molecule has 7 heteroatoms. The van der Waals surface area contributed by atoms with Crippen LogP contribution in [0.4, 0.5) is 5.69 Å². The first-order valence-electron chi connectivity index (χ1n) is 14.5. The molecule has 7 rings (SSSR count). The molecule has 0 aromatic heterocycles. The van der Waals surface area contributed by atoms with E-state index in [-0.39, 0.29) is 17.3 Å².